The number of halogens is 3. The number of aryl methyl sites for hydroxylation is 2. The summed E-state index contributed by atoms with van der Waals surface area (Å²) >= 11 is 18.0. The number of hydrogen-bond donors (Lipinski definition) is 1. The minimum atomic E-state index is -0.394. The van der Waals surface area contributed by atoms with E-state index in [4.69, 9.17) is 39.5 Å². The lowest BCUT2D eigenvalue weighted by Crippen LogP contribution is -2.24. The van der Waals surface area contributed by atoms with Crippen LogP contribution in [0, 0.1) is 13.8 Å². The Labute approximate surface area is 155 Å². The molecule has 0 atom stereocenters. The number of rotatable bonds is 5. The minimum Gasteiger partial charge on any atom is -0.484 e. The number of hydrogen-bond acceptors (Lipinski definition) is 3. The molecule has 0 aliphatic rings. The van der Waals surface area contributed by atoms with Gasteiger partial charge in [-0.25, -0.2) is 5.43 Å². The molecule has 0 aromatic heterocycles. The van der Waals surface area contributed by atoms with Crippen molar-refractivity contribution in [3.63, 3.8) is 0 Å². The van der Waals surface area contributed by atoms with Crippen molar-refractivity contribution >= 4 is 46.9 Å². The van der Waals surface area contributed by atoms with Gasteiger partial charge in [-0.15, -0.1) is 0 Å². The molecule has 7 heteroatoms. The molecule has 0 saturated carbocycles. The van der Waals surface area contributed by atoms with Gasteiger partial charge in [0.25, 0.3) is 5.91 Å². The predicted octanol–water partition coefficient (Wildman–Crippen LogP) is 4.79. The second-order valence-electron chi connectivity index (χ2n) is 5.10. The third-order valence-corrected chi connectivity index (χ3v) is 4.58. The fourth-order valence-corrected chi connectivity index (χ4v) is 2.43. The molecule has 126 valence electrons. The van der Waals surface area contributed by atoms with E-state index in [2.05, 4.69) is 10.5 Å². The van der Waals surface area contributed by atoms with Crippen molar-refractivity contribution in [2.24, 2.45) is 5.10 Å². The summed E-state index contributed by atoms with van der Waals surface area (Å²) in [7, 11) is 0. The number of hydrazone groups is 1. The Morgan fingerprint density at radius 3 is 2.50 bits per heavy atom. The molecule has 24 heavy (non-hydrogen) atoms. The smallest absolute Gasteiger partial charge is 0.277 e. The van der Waals surface area contributed by atoms with Crippen LogP contribution in [0.1, 0.15) is 16.7 Å². The third kappa shape index (κ3) is 4.87. The molecular formula is C17H15Cl3N2O2. The van der Waals surface area contributed by atoms with Crippen molar-refractivity contribution in [2.45, 2.75) is 13.8 Å². The standard InChI is InChI=1S/C17H15Cl3N2O2/c1-10-6-13(7-11(2)16(10)19)24-9-15(23)22-21-8-12-4-3-5-14(18)17(12)20/h3-8H,9H2,1-2H3,(H,22,23)/b21-8+. The second-order valence-corrected chi connectivity index (χ2v) is 6.26. The largest absolute Gasteiger partial charge is 0.484 e. The maximum Gasteiger partial charge on any atom is 0.277 e. The molecule has 2 aromatic carbocycles. The van der Waals surface area contributed by atoms with E-state index in [0.29, 0.717) is 26.4 Å². The Kier molecular flexibility index (Phi) is 6.49. The van der Waals surface area contributed by atoms with Crippen LogP contribution in [0.5, 0.6) is 5.75 Å². The fraction of sp³-hybridized carbons (Fsp3) is 0.176. The molecule has 2 aromatic rings. The lowest BCUT2D eigenvalue weighted by molar-refractivity contribution is -0.123. The molecule has 1 amide bonds. The van der Waals surface area contributed by atoms with E-state index in [9.17, 15) is 4.79 Å². The van der Waals surface area contributed by atoms with Gasteiger partial charge < -0.3 is 4.74 Å². The Bertz CT molecular complexity index is 768. The fourth-order valence-electron chi connectivity index (χ4n) is 1.96. The molecule has 0 radical (unpaired) electrons. The Hall–Kier alpha value is -1.75. The van der Waals surface area contributed by atoms with Gasteiger partial charge in [0.1, 0.15) is 5.75 Å². The first kappa shape index (κ1) is 18.6. The van der Waals surface area contributed by atoms with Crippen LogP contribution in [0.3, 0.4) is 0 Å². The highest BCUT2D eigenvalue weighted by atomic mass is 35.5. The van der Waals surface area contributed by atoms with Crippen molar-refractivity contribution in [1.29, 1.82) is 0 Å². The van der Waals surface area contributed by atoms with E-state index in [0.717, 1.165) is 11.1 Å². The van der Waals surface area contributed by atoms with Crippen LogP contribution >= 0.6 is 34.8 Å². The number of nitrogens with zero attached hydrogens (tertiary/aromatic N) is 1. The zero-order chi connectivity index (χ0) is 17.7. The summed E-state index contributed by atoms with van der Waals surface area (Å²) in [5.74, 6) is 0.182. The summed E-state index contributed by atoms with van der Waals surface area (Å²) < 4.78 is 5.44. The highest BCUT2D eigenvalue weighted by Gasteiger charge is 2.06. The number of benzene rings is 2. The van der Waals surface area contributed by atoms with E-state index in [1.165, 1.54) is 6.21 Å². The van der Waals surface area contributed by atoms with Crippen molar-refractivity contribution in [3.05, 3.63) is 62.1 Å². The number of ether oxygens (including phenoxy) is 1. The molecule has 1 N–H and O–H groups in total. The SMILES string of the molecule is Cc1cc(OCC(=O)N/N=C/c2cccc(Cl)c2Cl)cc(C)c1Cl. The maximum absolute atomic E-state index is 11.8. The lowest BCUT2D eigenvalue weighted by atomic mass is 10.1. The average molecular weight is 386 g/mol. The first-order valence-corrected chi connectivity index (χ1v) is 8.17. The Morgan fingerprint density at radius 1 is 1.17 bits per heavy atom. The molecule has 0 fully saturated rings. The van der Waals surface area contributed by atoms with Crippen LogP contribution in [-0.4, -0.2) is 18.7 Å². The Balaban J connectivity index is 1.90. The molecule has 0 bridgehead atoms. The normalized spacial score (nSPS) is 10.9. The number of carbonyl (C=O) groups is 1. The molecule has 2 rings (SSSR count). The molecule has 0 spiro atoms. The van der Waals surface area contributed by atoms with E-state index < -0.39 is 5.91 Å². The van der Waals surface area contributed by atoms with Gasteiger partial charge in [-0.2, -0.15) is 5.10 Å². The van der Waals surface area contributed by atoms with Crippen LogP contribution in [-0.2, 0) is 4.79 Å². The zero-order valence-electron chi connectivity index (χ0n) is 13.1. The van der Waals surface area contributed by atoms with Gasteiger partial charge in [-0.1, -0.05) is 46.9 Å². The molecule has 4 nitrogen and oxygen atoms in total. The third-order valence-electron chi connectivity index (χ3n) is 3.15. The van der Waals surface area contributed by atoms with E-state index in [-0.39, 0.29) is 6.61 Å². The summed E-state index contributed by atoms with van der Waals surface area (Å²) in [4.78, 5) is 11.8. The van der Waals surface area contributed by atoms with Crippen molar-refractivity contribution in [1.82, 2.24) is 5.43 Å². The Morgan fingerprint density at radius 2 is 1.83 bits per heavy atom. The summed E-state index contributed by atoms with van der Waals surface area (Å²) in [6.45, 7) is 3.59. The second kappa shape index (κ2) is 8.38. The van der Waals surface area contributed by atoms with Crippen molar-refractivity contribution < 1.29 is 9.53 Å². The van der Waals surface area contributed by atoms with Crippen molar-refractivity contribution in [2.75, 3.05) is 6.61 Å². The highest BCUT2D eigenvalue weighted by Crippen LogP contribution is 2.26. The van der Waals surface area contributed by atoms with Crippen LogP contribution in [0.4, 0.5) is 0 Å². The zero-order valence-corrected chi connectivity index (χ0v) is 15.3. The predicted molar refractivity (Wildman–Crippen MR) is 98.6 cm³/mol. The van der Waals surface area contributed by atoms with Gasteiger partial charge in [0, 0.05) is 10.6 Å². The van der Waals surface area contributed by atoms with Gasteiger partial charge in [0.05, 0.1) is 16.3 Å². The van der Waals surface area contributed by atoms with Gasteiger partial charge in [0.15, 0.2) is 6.61 Å². The molecule has 0 unspecified atom stereocenters. The summed E-state index contributed by atoms with van der Waals surface area (Å²) in [6.07, 6.45) is 1.42. The number of carbonyl (C=O) groups excluding carboxylic acids is 1. The van der Waals surface area contributed by atoms with Gasteiger partial charge >= 0.3 is 0 Å². The average Bonchev–Trinajstić information content (AvgIpc) is 2.54. The van der Waals surface area contributed by atoms with Gasteiger partial charge in [-0.05, 0) is 43.2 Å². The number of nitrogens with one attached hydrogen (secondary N) is 1. The van der Waals surface area contributed by atoms with Gasteiger partial charge in [-0.3, -0.25) is 4.79 Å². The first-order valence-electron chi connectivity index (χ1n) is 7.04. The quantitative estimate of drug-likeness (QED) is 0.594. The highest BCUT2D eigenvalue weighted by molar-refractivity contribution is 6.43. The summed E-state index contributed by atoms with van der Waals surface area (Å²) in [5, 5.41) is 5.32. The van der Waals surface area contributed by atoms with E-state index in [1.807, 2.05) is 13.8 Å². The summed E-state index contributed by atoms with van der Waals surface area (Å²) in [6, 6.07) is 8.70. The van der Waals surface area contributed by atoms with Crippen LogP contribution in [0.2, 0.25) is 15.1 Å². The van der Waals surface area contributed by atoms with E-state index >= 15 is 0 Å². The van der Waals surface area contributed by atoms with Crippen LogP contribution in [0.25, 0.3) is 0 Å². The monoisotopic (exact) mass is 384 g/mol. The van der Waals surface area contributed by atoms with Crippen molar-refractivity contribution in [3.8, 4) is 5.75 Å². The first-order chi connectivity index (χ1) is 11.4. The topological polar surface area (TPSA) is 50.7 Å². The van der Waals surface area contributed by atoms with Crippen LogP contribution < -0.4 is 10.2 Å². The van der Waals surface area contributed by atoms with Gasteiger partial charge in [0.2, 0.25) is 0 Å². The van der Waals surface area contributed by atoms with Crippen LogP contribution in [0.15, 0.2) is 35.4 Å². The molecule has 0 aliphatic heterocycles. The minimum absolute atomic E-state index is 0.166. The molecular weight excluding hydrogens is 371 g/mol. The summed E-state index contributed by atoms with van der Waals surface area (Å²) in [5.41, 5.74) is 4.75. The molecule has 0 saturated heterocycles. The molecule has 0 aliphatic carbocycles. The van der Waals surface area contributed by atoms with E-state index in [1.54, 1.807) is 30.3 Å². The maximum atomic E-state index is 11.8. The molecule has 0 heterocycles. The lowest BCUT2D eigenvalue weighted by Gasteiger charge is -2.09. The number of amides is 1.